The Bertz CT molecular complexity index is 4300. The fourth-order valence-corrected chi connectivity index (χ4v) is 199. The van der Waals surface area contributed by atoms with Gasteiger partial charge in [0.1, 0.15) is 0 Å². The Kier molecular flexibility index (Phi) is 18.1. The number of benzene rings is 4. The molecule has 2 heterocycles. The monoisotopic (exact) mass is 1680 g/mol. The summed E-state index contributed by atoms with van der Waals surface area (Å²) >= 11 is 22.7. The fraction of sp³-hybridized carbons (Fsp3) is 0.404. The zero-order valence-electron chi connectivity index (χ0n) is 65.2. The molecule has 2 fully saturated rings. The summed E-state index contributed by atoms with van der Waals surface area (Å²) in [6.07, 6.45) is 53.0. The summed E-state index contributed by atoms with van der Waals surface area (Å²) in [4.78, 5) is 0. The molecule has 538 valence electrons. The predicted octanol–water partition coefficient (Wildman–Crippen LogP) is 29.3. The average Bonchev–Trinajstić information content (AvgIpc) is 1.52. The van der Waals surface area contributed by atoms with Crippen molar-refractivity contribution >= 4 is 81.2 Å². The maximum absolute atomic E-state index is 11.9. The van der Waals surface area contributed by atoms with Crippen molar-refractivity contribution in [3.8, 4) is 0 Å². The summed E-state index contributed by atoms with van der Waals surface area (Å²) in [7, 11) is 18.4. The van der Waals surface area contributed by atoms with E-state index in [0.29, 0.717) is 0 Å². The van der Waals surface area contributed by atoms with Gasteiger partial charge in [-0.1, -0.05) is 0 Å². The number of hydrogen-bond acceptors (Lipinski definition) is 0. The van der Waals surface area contributed by atoms with Crippen LogP contribution in [0.1, 0.15) is 227 Å². The van der Waals surface area contributed by atoms with Crippen molar-refractivity contribution in [2.75, 3.05) is 0 Å². The van der Waals surface area contributed by atoms with Crippen LogP contribution in [0.25, 0.3) is 0 Å². The van der Waals surface area contributed by atoms with E-state index in [1.807, 2.05) is 0 Å². The van der Waals surface area contributed by atoms with Crippen molar-refractivity contribution in [1.29, 1.82) is 0 Å². The molecule has 103 heavy (non-hydrogen) atoms. The molecule has 14 rings (SSSR count). The van der Waals surface area contributed by atoms with Crippen molar-refractivity contribution in [2.45, 2.75) is 234 Å². The van der Waals surface area contributed by atoms with E-state index in [4.69, 9.17) is 46.4 Å². The van der Waals surface area contributed by atoms with Gasteiger partial charge in [-0.05, 0) is 0 Å². The van der Waals surface area contributed by atoms with E-state index in [2.05, 4.69) is 322 Å². The second-order valence-electron chi connectivity index (χ2n) is 36.5. The first-order valence-corrected chi connectivity index (χ1v) is 60.6. The van der Waals surface area contributed by atoms with E-state index in [1.165, 1.54) is 134 Å². The SMILES string of the molecule is CCC1=CC2=C(C=CC=CC2c2cc(C)c(C(C)(C)C)c(Cl)c2)[C]12[SiH](C)[C]1(C(CC)=CC3=C1C=CC=CC3c1cc(C)c(C(C)(C)C)c(Cl)c1)[Hf]21([Cl])([Cl])[C]2(C(CC)=CC3=C2C=CC=CC3c2cc(C)c(C(C)(C)C)c(Cl)c2)[SiH](C)[C]12C(CC)=CC1=C2C=CC=CC1c1cc(C)c(C(C)(C)C)c(Cl)c1. The first-order valence-electron chi connectivity index (χ1n) is 38.4. The third-order valence-corrected chi connectivity index (χ3v) is 145. The van der Waals surface area contributed by atoms with E-state index < -0.39 is 43.4 Å². The molecule has 0 amide bonds. The van der Waals surface area contributed by atoms with Crippen molar-refractivity contribution in [2.24, 2.45) is 0 Å². The van der Waals surface area contributed by atoms with Gasteiger partial charge in [-0.25, -0.2) is 0 Å². The zero-order valence-corrected chi connectivity index (χ0v) is 75.7. The molecule has 0 nitrogen and oxygen atoms in total. The summed E-state index contributed by atoms with van der Waals surface area (Å²) < 4.78 is -3.21. The molecule has 0 bridgehead atoms. The van der Waals surface area contributed by atoms with Gasteiger partial charge in [-0.15, -0.1) is 0 Å². The van der Waals surface area contributed by atoms with Gasteiger partial charge >= 0.3 is 653 Å². The molecule has 0 saturated carbocycles. The van der Waals surface area contributed by atoms with Crippen molar-refractivity contribution in [3.63, 3.8) is 0 Å². The molecule has 8 atom stereocenters. The number of rotatable bonds is 8. The van der Waals surface area contributed by atoms with Gasteiger partial charge in [0.05, 0.1) is 0 Å². The third kappa shape index (κ3) is 8.99. The Balaban J connectivity index is 1.22. The van der Waals surface area contributed by atoms with Crippen LogP contribution < -0.4 is 0 Å². The Morgan fingerprint density at radius 1 is 0.330 bits per heavy atom. The molecule has 9 heteroatoms. The molecule has 0 aromatic heterocycles. The minimum absolute atomic E-state index is 0.153. The van der Waals surface area contributed by atoms with Crippen LogP contribution >= 0.6 is 63.6 Å². The molecule has 0 N–H and O–H groups in total. The zero-order chi connectivity index (χ0) is 74.7. The molecular formula is C94H108Cl6HfSi2. The first-order chi connectivity index (χ1) is 48.2. The van der Waals surface area contributed by atoms with Crippen LogP contribution in [-0.2, 0) is 36.3 Å². The molecule has 4 aromatic carbocycles. The van der Waals surface area contributed by atoms with E-state index in [1.54, 1.807) is 0 Å². The van der Waals surface area contributed by atoms with E-state index >= 15 is 0 Å². The molecule has 2 aliphatic heterocycles. The van der Waals surface area contributed by atoms with Crippen LogP contribution in [0.4, 0.5) is 0 Å². The molecule has 8 unspecified atom stereocenters. The Morgan fingerprint density at radius 2 is 0.524 bits per heavy atom. The van der Waals surface area contributed by atoms with E-state index in [9.17, 15) is 17.2 Å². The fourth-order valence-electron chi connectivity index (χ4n) is 26.1. The summed E-state index contributed by atoms with van der Waals surface area (Å²) in [5.74, 6) is -0.613. The number of fused-ring (bicyclic) bond motifs is 8. The van der Waals surface area contributed by atoms with Gasteiger partial charge in [-0.3, -0.25) is 0 Å². The Hall–Kier alpha value is -4.24. The summed E-state index contributed by atoms with van der Waals surface area (Å²) in [6, 6.07) is 19.0. The summed E-state index contributed by atoms with van der Waals surface area (Å²) in [5, 5.41) is 3.24. The number of aryl methyl sites for hydroxylation is 4. The van der Waals surface area contributed by atoms with Crippen LogP contribution in [0.3, 0.4) is 0 Å². The van der Waals surface area contributed by atoms with Gasteiger partial charge in [-0.2, -0.15) is 0 Å². The second-order valence-corrected chi connectivity index (χ2v) is 92.5. The van der Waals surface area contributed by atoms with Gasteiger partial charge in [0, 0.05) is 0 Å². The van der Waals surface area contributed by atoms with Crippen molar-refractivity contribution < 1.29 is 14.7 Å². The summed E-state index contributed by atoms with van der Waals surface area (Å²) in [6.45, 7) is 51.9. The van der Waals surface area contributed by atoms with Crippen molar-refractivity contribution in [3.05, 3.63) is 324 Å². The maximum atomic E-state index is 11.9. The van der Waals surface area contributed by atoms with Gasteiger partial charge in [0.25, 0.3) is 0 Å². The average molecular weight is 1690 g/mol. The van der Waals surface area contributed by atoms with Crippen LogP contribution in [0, 0.1) is 27.7 Å². The predicted molar refractivity (Wildman–Crippen MR) is 454 cm³/mol. The van der Waals surface area contributed by atoms with E-state index in [-0.39, 0.29) is 45.3 Å². The molecule has 0 radical (unpaired) electrons. The van der Waals surface area contributed by atoms with Crippen LogP contribution in [0.15, 0.2) is 237 Å². The van der Waals surface area contributed by atoms with Crippen LogP contribution in [0.2, 0.25) is 44.4 Å². The molecule has 4 aromatic rings. The normalized spacial score (nSPS) is 30.4. The molecule has 5 spiro atoms. The second kappa shape index (κ2) is 24.6. The van der Waals surface area contributed by atoms with Crippen LogP contribution in [-0.4, -0.2) is 17.6 Å². The van der Waals surface area contributed by atoms with Crippen molar-refractivity contribution in [1.82, 2.24) is 0 Å². The molecule has 2 saturated heterocycles. The Morgan fingerprint density at radius 3 is 0.689 bits per heavy atom. The van der Waals surface area contributed by atoms with E-state index in [0.717, 1.165) is 45.8 Å². The van der Waals surface area contributed by atoms with Gasteiger partial charge in [0.2, 0.25) is 0 Å². The minimum atomic E-state index is -8.18. The standard InChI is InChI=1S/2C47H54Cl2Si.2ClH.Hf/c2*1-12-30-24-38-34(32-22-28(3)42(40(48)26-32)46(5,6)7)18-14-16-20-36(38)44(30)50(11)45-31(13-2)25-39-35(19-15-17-21-37(39)45)33-23-29(4)43(41(49)27-33)47(8,9)10;;;/h2*14-27,34-35,50H,12-13H2,1-11H3;2*1H;/q;;;;+2/p-2. The third-order valence-electron chi connectivity index (χ3n) is 27.7. The van der Waals surface area contributed by atoms with Gasteiger partial charge in [0.15, 0.2) is 0 Å². The molecule has 10 aliphatic rings. The Labute approximate surface area is 647 Å². The van der Waals surface area contributed by atoms with Crippen LogP contribution in [0.5, 0.6) is 0 Å². The quantitative estimate of drug-likeness (QED) is 0.154. The molecular weight excluding hydrogens is 1580 g/mol. The number of allylic oxidation sites excluding steroid dienone is 32. The van der Waals surface area contributed by atoms with Gasteiger partial charge < -0.3 is 0 Å². The number of halogens is 6. The number of hydrogen-bond donors (Lipinski definition) is 0. The molecule has 8 aliphatic carbocycles. The topological polar surface area (TPSA) is 0 Å². The first kappa shape index (κ1) is 75.6. The summed E-state index contributed by atoms with van der Waals surface area (Å²) in [5.41, 5.74) is 30.1.